The third-order valence-corrected chi connectivity index (χ3v) is 11.6. The fraction of sp³-hybridized carbons (Fsp3) is 0.824. The Labute approximate surface area is 367 Å². The van der Waals surface area contributed by atoms with Crippen molar-refractivity contribution in [2.75, 3.05) is 13.2 Å². The molecule has 350 valence electrons. The average Bonchev–Trinajstić information content (AvgIpc) is 3.25. The third-order valence-electron chi connectivity index (χ3n) is 11.6. The highest BCUT2D eigenvalue weighted by Crippen LogP contribution is 2.22. The maximum atomic E-state index is 13.0. The zero-order chi connectivity index (χ0) is 43.7. The van der Waals surface area contributed by atoms with Crippen LogP contribution < -0.4 is 5.32 Å². The van der Waals surface area contributed by atoms with E-state index in [2.05, 4.69) is 55.6 Å². The van der Waals surface area contributed by atoms with E-state index in [0.717, 1.165) is 44.9 Å². The summed E-state index contributed by atoms with van der Waals surface area (Å²) < 4.78 is 11.2. The van der Waals surface area contributed by atoms with Crippen LogP contribution in [0.15, 0.2) is 48.6 Å². The maximum absolute atomic E-state index is 13.0. The lowest BCUT2D eigenvalue weighted by Crippen LogP contribution is -2.60. The van der Waals surface area contributed by atoms with Crippen molar-refractivity contribution in [3.63, 3.8) is 0 Å². The maximum Gasteiger partial charge on any atom is 0.220 e. The minimum absolute atomic E-state index is 0.189. The molecule has 0 aromatic rings. The van der Waals surface area contributed by atoms with Gasteiger partial charge >= 0.3 is 0 Å². The van der Waals surface area contributed by atoms with E-state index in [0.29, 0.717) is 6.42 Å². The van der Waals surface area contributed by atoms with Gasteiger partial charge in [0, 0.05) is 6.42 Å². The molecule has 1 saturated heterocycles. The summed E-state index contributed by atoms with van der Waals surface area (Å²) in [5.41, 5.74) is 0. The number of unbranched alkanes of at least 4 members (excludes halogenated alkanes) is 25. The van der Waals surface area contributed by atoms with Crippen LogP contribution >= 0.6 is 0 Å². The number of hydrogen-bond acceptors (Lipinski definition) is 8. The van der Waals surface area contributed by atoms with Gasteiger partial charge in [0.15, 0.2) is 6.29 Å². The lowest BCUT2D eigenvalue weighted by Gasteiger charge is -2.40. The van der Waals surface area contributed by atoms with Crippen molar-refractivity contribution in [2.24, 2.45) is 0 Å². The van der Waals surface area contributed by atoms with Gasteiger partial charge in [-0.2, -0.15) is 0 Å². The van der Waals surface area contributed by atoms with Gasteiger partial charge in [0.2, 0.25) is 5.91 Å². The van der Waals surface area contributed by atoms with Gasteiger partial charge in [0.1, 0.15) is 24.4 Å². The number of aliphatic hydroxyl groups is 5. The molecule has 7 atom stereocenters. The number of amides is 1. The molecule has 60 heavy (non-hydrogen) atoms. The highest BCUT2D eigenvalue weighted by Gasteiger charge is 2.44. The van der Waals surface area contributed by atoms with E-state index in [9.17, 15) is 30.3 Å². The molecular formula is C51H93NO8. The molecule has 1 amide bonds. The molecular weight excluding hydrogens is 755 g/mol. The van der Waals surface area contributed by atoms with E-state index in [1.165, 1.54) is 148 Å². The Morgan fingerprint density at radius 3 is 1.50 bits per heavy atom. The summed E-state index contributed by atoms with van der Waals surface area (Å²) in [5.74, 6) is -0.189. The van der Waals surface area contributed by atoms with E-state index < -0.39 is 49.5 Å². The number of rotatable bonds is 41. The minimum atomic E-state index is -1.57. The van der Waals surface area contributed by atoms with Gasteiger partial charge in [-0.05, 0) is 64.2 Å². The van der Waals surface area contributed by atoms with Crippen molar-refractivity contribution in [2.45, 2.75) is 256 Å². The average molecular weight is 848 g/mol. The fourth-order valence-corrected chi connectivity index (χ4v) is 7.61. The number of nitrogens with one attached hydrogen (secondary N) is 1. The van der Waals surface area contributed by atoms with Crippen LogP contribution in [0.25, 0.3) is 0 Å². The SMILES string of the molecule is CCCCCCC/C=C\C/C=C\CCCCCCCCCCCCCCCC(=O)NC(COC1OC(CO)C(O)C(O)C1O)C(O)/C=C/CC/C=C/CCCCCCCC. The quantitative estimate of drug-likeness (QED) is 0.0263. The Bertz CT molecular complexity index is 1080. The summed E-state index contributed by atoms with van der Waals surface area (Å²) in [6.07, 6.45) is 46.0. The van der Waals surface area contributed by atoms with Crippen molar-refractivity contribution in [1.82, 2.24) is 5.32 Å². The van der Waals surface area contributed by atoms with Gasteiger partial charge in [0.25, 0.3) is 0 Å². The first kappa shape index (κ1) is 56.2. The van der Waals surface area contributed by atoms with Crippen LogP contribution in [0.2, 0.25) is 0 Å². The predicted molar refractivity (Wildman–Crippen MR) is 249 cm³/mol. The van der Waals surface area contributed by atoms with Crippen LogP contribution in [0, 0.1) is 0 Å². The summed E-state index contributed by atoms with van der Waals surface area (Å²) >= 11 is 0. The van der Waals surface area contributed by atoms with Crippen LogP contribution in [-0.4, -0.2) is 87.5 Å². The molecule has 1 rings (SSSR count). The number of ether oxygens (including phenoxy) is 2. The molecule has 1 heterocycles. The first-order valence-electron chi connectivity index (χ1n) is 24.9. The molecule has 0 aromatic heterocycles. The topological polar surface area (TPSA) is 149 Å². The predicted octanol–water partition coefficient (Wildman–Crippen LogP) is 11.0. The number of carbonyl (C=O) groups is 1. The van der Waals surface area contributed by atoms with Gasteiger partial charge in [-0.15, -0.1) is 0 Å². The second-order valence-electron chi connectivity index (χ2n) is 17.2. The van der Waals surface area contributed by atoms with E-state index >= 15 is 0 Å². The monoisotopic (exact) mass is 848 g/mol. The van der Waals surface area contributed by atoms with Crippen LogP contribution in [-0.2, 0) is 14.3 Å². The molecule has 0 radical (unpaired) electrons. The Morgan fingerprint density at radius 2 is 1.00 bits per heavy atom. The van der Waals surface area contributed by atoms with E-state index in [1.54, 1.807) is 6.08 Å². The Balaban J connectivity index is 2.25. The van der Waals surface area contributed by atoms with Crippen LogP contribution in [0.4, 0.5) is 0 Å². The molecule has 0 saturated carbocycles. The molecule has 1 aliphatic heterocycles. The summed E-state index contributed by atoms with van der Waals surface area (Å²) in [6, 6.07) is -0.821. The summed E-state index contributed by atoms with van der Waals surface area (Å²) in [6.45, 7) is 3.73. The molecule has 0 spiro atoms. The van der Waals surface area contributed by atoms with Crippen molar-refractivity contribution >= 4 is 5.91 Å². The number of carbonyl (C=O) groups excluding carboxylic acids is 1. The molecule has 7 unspecified atom stereocenters. The number of aliphatic hydroxyl groups excluding tert-OH is 5. The Kier molecular flexibility index (Phi) is 38.5. The second kappa shape index (κ2) is 41.2. The number of hydrogen-bond donors (Lipinski definition) is 6. The van der Waals surface area contributed by atoms with Crippen molar-refractivity contribution in [1.29, 1.82) is 0 Å². The smallest absolute Gasteiger partial charge is 0.220 e. The Morgan fingerprint density at radius 1 is 0.567 bits per heavy atom. The molecule has 6 N–H and O–H groups in total. The van der Waals surface area contributed by atoms with E-state index in [-0.39, 0.29) is 12.5 Å². The van der Waals surface area contributed by atoms with Crippen molar-refractivity contribution in [3.8, 4) is 0 Å². The van der Waals surface area contributed by atoms with Crippen LogP contribution in [0.1, 0.15) is 213 Å². The van der Waals surface area contributed by atoms with Gasteiger partial charge in [-0.1, -0.05) is 191 Å². The first-order chi connectivity index (χ1) is 29.3. The minimum Gasteiger partial charge on any atom is -0.394 e. The van der Waals surface area contributed by atoms with Gasteiger partial charge < -0.3 is 40.3 Å². The molecule has 9 heteroatoms. The molecule has 1 fully saturated rings. The van der Waals surface area contributed by atoms with Gasteiger partial charge in [-0.3, -0.25) is 4.79 Å². The largest absolute Gasteiger partial charge is 0.394 e. The molecule has 1 aliphatic rings. The van der Waals surface area contributed by atoms with E-state index in [1.807, 2.05) is 6.08 Å². The van der Waals surface area contributed by atoms with Crippen molar-refractivity contribution < 1.29 is 39.8 Å². The standard InChI is InChI=1S/C51H93NO8/c1-3-5-7-9-11-13-15-17-18-19-20-21-22-23-24-25-26-27-28-29-31-33-35-37-39-41-47(55)52-44(43-59-51-50(58)49(57)48(56)46(42-53)60-51)45(54)40-38-36-34-32-30-16-14-12-10-8-6-4-2/h15,17,19-20,30,32,38,40,44-46,48-51,53-54,56-58H,3-14,16,18,21-29,31,33-37,39,41-43H2,1-2H3,(H,52,55)/b17-15-,20-19-,32-30+,40-38+. The summed E-state index contributed by atoms with van der Waals surface area (Å²) in [5, 5.41) is 54.2. The van der Waals surface area contributed by atoms with Crippen molar-refractivity contribution in [3.05, 3.63) is 48.6 Å². The van der Waals surface area contributed by atoms with Crippen LogP contribution in [0.5, 0.6) is 0 Å². The summed E-state index contributed by atoms with van der Waals surface area (Å²) in [4.78, 5) is 13.0. The number of allylic oxidation sites excluding steroid dienone is 7. The highest BCUT2D eigenvalue weighted by molar-refractivity contribution is 5.76. The molecule has 0 aliphatic carbocycles. The Hall–Kier alpha value is -1.85. The van der Waals surface area contributed by atoms with Crippen LogP contribution in [0.3, 0.4) is 0 Å². The second-order valence-corrected chi connectivity index (χ2v) is 17.2. The van der Waals surface area contributed by atoms with Gasteiger partial charge in [-0.25, -0.2) is 0 Å². The lowest BCUT2D eigenvalue weighted by atomic mass is 9.99. The third kappa shape index (κ3) is 31.1. The van der Waals surface area contributed by atoms with Gasteiger partial charge in [0.05, 0.1) is 25.4 Å². The fourth-order valence-electron chi connectivity index (χ4n) is 7.61. The lowest BCUT2D eigenvalue weighted by molar-refractivity contribution is -0.302. The van der Waals surface area contributed by atoms with E-state index in [4.69, 9.17) is 9.47 Å². The highest BCUT2D eigenvalue weighted by atomic mass is 16.7. The summed E-state index contributed by atoms with van der Waals surface area (Å²) in [7, 11) is 0. The first-order valence-corrected chi connectivity index (χ1v) is 24.9. The molecule has 9 nitrogen and oxygen atoms in total. The zero-order valence-corrected chi connectivity index (χ0v) is 38.5. The zero-order valence-electron chi connectivity index (χ0n) is 38.5. The molecule has 0 aromatic carbocycles. The normalized spacial score (nSPS) is 20.9. The molecule has 0 bridgehead atoms.